The molecule has 2 rings (SSSR count). The maximum absolute atomic E-state index is 5.74. The largest absolute Gasteiger partial charge is 0.371 e. The topological polar surface area (TPSA) is 34.1 Å². The van der Waals surface area contributed by atoms with E-state index >= 15 is 0 Å². The van der Waals surface area contributed by atoms with Crippen molar-refractivity contribution in [1.29, 1.82) is 0 Å². The van der Waals surface area contributed by atoms with Crippen LogP contribution >= 0.6 is 23.7 Å². The van der Waals surface area contributed by atoms with Gasteiger partial charge in [0, 0.05) is 12.7 Å². The molecule has 1 aliphatic rings. The number of aromatic nitrogens is 1. The second kappa shape index (κ2) is 6.35. The van der Waals surface area contributed by atoms with E-state index in [0.717, 1.165) is 19.7 Å². The summed E-state index contributed by atoms with van der Waals surface area (Å²) < 4.78 is 5.74. The van der Waals surface area contributed by atoms with Crippen molar-refractivity contribution >= 4 is 23.7 Å². The van der Waals surface area contributed by atoms with E-state index in [-0.39, 0.29) is 12.4 Å². The molecule has 1 aromatic rings. The number of hydrogen-bond acceptors (Lipinski definition) is 4. The molecule has 1 unspecified atom stereocenters. The van der Waals surface area contributed by atoms with Crippen molar-refractivity contribution in [1.82, 2.24) is 10.3 Å². The van der Waals surface area contributed by atoms with Crippen molar-refractivity contribution in [3.05, 3.63) is 16.6 Å². The number of hydrogen-bond donors (Lipinski definition) is 1. The van der Waals surface area contributed by atoms with Crippen molar-refractivity contribution in [3.8, 4) is 0 Å². The lowest BCUT2D eigenvalue weighted by atomic mass is 10.1. The van der Waals surface area contributed by atoms with E-state index in [9.17, 15) is 0 Å². The molecule has 0 aromatic carbocycles. The van der Waals surface area contributed by atoms with Crippen LogP contribution < -0.4 is 5.32 Å². The molecule has 1 atom stereocenters. The number of nitrogens with zero attached hydrogens (tertiary/aromatic N) is 1. The zero-order chi connectivity index (χ0) is 8.93. The van der Waals surface area contributed by atoms with Crippen LogP contribution in [0.2, 0.25) is 0 Å². The Morgan fingerprint density at radius 2 is 2.57 bits per heavy atom. The molecule has 3 nitrogen and oxygen atoms in total. The Morgan fingerprint density at radius 3 is 3.21 bits per heavy atom. The van der Waals surface area contributed by atoms with Gasteiger partial charge in [0.2, 0.25) is 0 Å². The van der Waals surface area contributed by atoms with Gasteiger partial charge in [0.15, 0.2) is 0 Å². The maximum atomic E-state index is 5.74. The normalized spacial score (nSPS) is 21.6. The summed E-state index contributed by atoms with van der Waals surface area (Å²) in [4.78, 5) is 5.22. The number of rotatable bonds is 3. The Bertz CT molecular complexity index is 237. The lowest BCUT2D eigenvalue weighted by molar-refractivity contribution is 0.0266. The first-order valence-corrected chi connectivity index (χ1v) is 5.53. The summed E-state index contributed by atoms with van der Waals surface area (Å²) in [5.74, 6) is 0. The molecule has 14 heavy (non-hydrogen) atoms. The van der Waals surface area contributed by atoms with Gasteiger partial charge in [0.25, 0.3) is 0 Å². The van der Waals surface area contributed by atoms with E-state index in [4.69, 9.17) is 4.74 Å². The predicted molar refractivity (Wildman–Crippen MR) is 60.0 cm³/mol. The first kappa shape index (κ1) is 11.9. The molecule has 1 aromatic heterocycles. The van der Waals surface area contributed by atoms with Gasteiger partial charge in [0.1, 0.15) is 0 Å². The molecule has 2 heterocycles. The van der Waals surface area contributed by atoms with Crippen molar-refractivity contribution in [2.45, 2.75) is 25.6 Å². The van der Waals surface area contributed by atoms with E-state index in [1.54, 1.807) is 11.3 Å². The van der Waals surface area contributed by atoms with Crippen LogP contribution in [0.5, 0.6) is 0 Å². The zero-order valence-corrected chi connectivity index (χ0v) is 9.57. The fraction of sp³-hybridized carbons (Fsp3) is 0.667. The molecule has 0 spiro atoms. The lowest BCUT2D eigenvalue weighted by Gasteiger charge is -2.22. The highest BCUT2D eigenvalue weighted by Crippen LogP contribution is 2.12. The van der Waals surface area contributed by atoms with Gasteiger partial charge < -0.3 is 10.1 Å². The summed E-state index contributed by atoms with van der Waals surface area (Å²) >= 11 is 1.65. The zero-order valence-electron chi connectivity index (χ0n) is 7.94. The monoisotopic (exact) mass is 234 g/mol. The fourth-order valence-corrected chi connectivity index (χ4v) is 1.99. The summed E-state index contributed by atoms with van der Waals surface area (Å²) in [7, 11) is 0. The second-order valence-electron chi connectivity index (χ2n) is 3.25. The first-order valence-electron chi connectivity index (χ1n) is 4.65. The summed E-state index contributed by atoms with van der Waals surface area (Å²) in [5.41, 5.74) is 1.85. The highest BCUT2D eigenvalue weighted by Gasteiger charge is 2.12. The minimum absolute atomic E-state index is 0. The quantitative estimate of drug-likeness (QED) is 0.867. The summed E-state index contributed by atoms with van der Waals surface area (Å²) in [5, 5.41) is 3.33. The predicted octanol–water partition coefficient (Wildman–Crippen LogP) is 1.83. The molecule has 0 amide bonds. The van der Waals surface area contributed by atoms with Crippen molar-refractivity contribution in [2.24, 2.45) is 0 Å². The maximum Gasteiger partial charge on any atom is 0.0829 e. The molecule has 1 saturated heterocycles. The SMILES string of the molecule is Cl.c1ncc(COC2CCCNC2)s1. The Balaban J connectivity index is 0.000000980. The average molecular weight is 235 g/mol. The number of thiazole rings is 1. The third kappa shape index (κ3) is 3.53. The van der Waals surface area contributed by atoms with Crippen LogP contribution in [0.3, 0.4) is 0 Å². The smallest absolute Gasteiger partial charge is 0.0829 e. The summed E-state index contributed by atoms with van der Waals surface area (Å²) in [6.07, 6.45) is 4.69. The fourth-order valence-electron chi connectivity index (χ4n) is 1.48. The van der Waals surface area contributed by atoms with Gasteiger partial charge in [0.05, 0.1) is 23.1 Å². The van der Waals surface area contributed by atoms with E-state index in [2.05, 4.69) is 10.3 Å². The number of piperidine rings is 1. The highest BCUT2D eigenvalue weighted by molar-refractivity contribution is 7.09. The third-order valence-electron chi connectivity index (χ3n) is 2.20. The molecule has 80 valence electrons. The van der Waals surface area contributed by atoms with Crippen LogP contribution in [0, 0.1) is 0 Å². The van der Waals surface area contributed by atoms with Crippen LogP contribution in [-0.4, -0.2) is 24.2 Å². The molecular formula is C9H15ClN2OS. The minimum atomic E-state index is 0. The van der Waals surface area contributed by atoms with Gasteiger partial charge >= 0.3 is 0 Å². The van der Waals surface area contributed by atoms with Crippen molar-refractivity contribution in [2.75, 3.05) is 13.1 Å². The molecule has 0 radical (unpaired) electrons. The second-order valence-corrected chi connectivity index (χ2v) is 4.22. The van der Waals surface area contributed by atoms with E-state index in [0.29, 0.717) is 6.10 Å². The van der Waals surface area contributed by atoms with E-state index in [1.165, 1.54) is 17.7 Å². The van der Waals surface area contributed by atoms with Crippen LogP contribution in [0.1, 0.15) is 17.7 Å². The number of nitrogens with one attached hydrogen (secondary N) is 1. The van der Waals surface area contributed by atoms with E-state index in [1.807, 2.05) is 11.7 Å². The lowest BCUT2D eigenvalue weighted by Crippen LogP contribution is -2.35. The molecule has 0 aliphatic carbocycles. The van der Waals surface area contributed by atoms with Crippen LogP contribution in [-0.2, 0) is 11.3 Å². The molecule has 0 saturated carbocycles. The van der Waals surface area contributed by atoms with Gasteiger partial charge in [-0.15, -0.1) is 23.7 Å². The van der Waals surface area contributed by atoms with Gasteiger partial charge in [-0.3, -0.25) is 4.98 Å². The third-order valence-corrected chi connectivity index (χ3v) is 2.95. The Kier molecular flexibility index (Phi) is 5.40. The molecular weight excluding hydrogens is 220 g/mol. The molecule has 1 aliphatic heterocycles. The van der Waals surface area contributed by atoms with Crippen molar-refractivity contribution in [3.63, 3.8) is 0 Å². The summed E-state index contributed by atoms with van der Waals surface area (Å²) in [6.45, 7) is 2.86. The van der Waals surface area contributed by atoms with Crippen LogP contribution in [0.15, 0.2) is 11.7 Å². The average Bonchev–Trinajstić information content (AvgIpc) is 2.69. The molecule has 0 bridgehead atoms. The first-order chi connectivity index (χ1) is 6.45. The Labute approximate surface area is 94.3 Å². The molecule has 1 N–H and O–H groups in total. The molecule has 5 heteroatoms. The number of ether oxygens (including phenoxy) is 1. The van der Waals surface area contributed by atoms with Crippen LogP contribution in [0.4, 0.5) is 0 Å². The Hall–Kier alpha value is -0.160. The standard InChI is InChI=1S/C9H14N2OS.ClH/c1-2-8(4-10-3-1)12-6-9-5-11-7-13-9;/h5,7-8,10H,1-4,6H2;1H. The molecule has 1 fully saturated rings. The van der Waals surface area contributed by atoms with Gasteiger partial charge in [-0.25, -0.2) is 0 Å². The Morgan fingerprint density at radius 1 is 1.64 bits per heavy atom. The van der Waals surface area contributed by atoms with Crippen molar-refractivity contribution < 1.29 is 4.74 Å². The van der Waals surface area contributed by atoms with Crippen LogP contribution in [0.25, 0.3) is 0 Å². The highest BCUT2D eigenvalue weighted by atomic mass is 35.5. The summed E-state index contributed by atoms with van der Waals surface area (Å²) in [6, 6.07) is 0. The van der Waals surface area contributed by atoms with E-state index < -0.39 is 0 Å². The van der Waals surface area contributed by atoms with Gasteiger partial charge in [-0.2, -0.15) is 0 Å². The number of halogens is 1. The van der Waals surface area contributed by atoms with Gasteiger partial charge in [-0.1, -0.05) is 0 Å². The van der Waals surface area contributed by atoms with Gasteiger partial charge in [-0.05, 0) is 19.4 Å². The minimum Gasteiger partial charge on any atom is -0.371 e.